The van der Waals surface area contributed by atoms with E-state index >= 15 is 0 Å². The summed E-state index contributed by atoms with van der Waals surface area (Å²) in [5.74, 6) is -1.79. The third kappa shape index (κ3) is 6.46. The van der Waals surface area contributed by atoms with E-state index in [0.29, 0.717) is 0 Å². The van der Waals surface area contributed by atoms with E-state index in [1.807, 2.05) is 4.72 Å². The summed E-state index contributed by atoms with van der Waals surface area (Å²) in [7, 11) is -0.938. The van der Waals surface area contributed by atoms with E-state index < -0.39 is 51.8 Å². The standard InChI is InChI=1S/C13H23F3N2O4S/c1-8(10(20)22-6)17-9(19)7-12(5,13(14,15)16)18-23(21)11(2,3)4/h8,18H,7H2,1-6H3,(H,17,19). The summed E-state index contributed by atoms with van der Waals surface area (Å²) in [5.41, 5.74) is -2.70. The van der Waals surface area contributed by atoms with Crippen LogP contribution in [0.3, 0.4) is 0 Å². The van der Waals surface area contributed by atoms with Crippen LogP contribution in [0.2, 0.25) is 0 Å². The molecule has 0 aromatic carbocycles. The molecular formula is C13H23F3N2O4S. The molecule has 0 aliphatic heterocycles. The first-order valence-electron chi connectivity index (χ1n) is 6.77. The van der Waals surface area contributed by atoms with Gasteiger partial charge >= 0.3 is 12.1 Å². The van der Waals surface area contributed by atoms with E-state index in [1.54, 1.807) is 0 Å². The van der Waals surface area contributed by atoms with Crippen molar-refractivity contribution in [2.75, 3.05) is 7.11 Å². The minimum Gasteiger partial charge on any atom is -0.467 e. The highest BCUT2D eigenvalue weighted by atomic mass is 32.2. The van der Waals surface area contributed by atoms with Gasteiger partial charge in [-0.1, -0.05) is 0 Å². The lowest BCUT2D eigenvalue weighted by Crippen LogP contribution is -2.59. The van der Waals surface area contributed by atoms with E-state index in [0.717, 1.165) is 14.0 Å². The van der Waals surface area contributed by atoms with E-state index in [4.69, 9.17) is 0 Å². The minimum atomic E-state index is -4.82. The average Bonchev–Trinajstić information content (AvgIpc) is 2.34. The van der Waals surface area contributed by atoms with Crippen molar-refractivity contribution in [2.24, 2.45) is 0 Å². The quantitative estimate of drug-likeness (QED) is 0.702. The molecular weight excluding hydrogens is 337 g/mol. The molecule has 3 unspecified atom stereocenters. The van der Waals surface area contributed by atoms with Crippen molar-refractivity contribution in [2.45, 2.75) is 63.5 Å². The molecule has 0 heterocycles. The summed E-state index contributed by atoms with van der Waals surface area (Å²) in [6, 6.07) is -1.09. The van der Waals surface area contributed by atoms with Gasteiger partial charge in [0.15, 0.2) is 0 Å². The Labute approximate surface area is 136 Å². The predicted molar refractivity (Wildman–Crippen MR) is 79.7 cm³/mol. The van der Waals surface area contributed by atoms with Crippen molar-refractivity contribution < 1.29 is 31.7 Å². The fourth-order valence-corrected chi connectivity index (χ4v) is 2.30. The van der Waals surface area contributed by atoms with Gasteiger partial charge in [0.1, 0.15) is 11.6 Å². The number of carbonyl (C=O) groups is 2. The summed E-state index contributed by atoms with van der Waals surface area (Å²) < 4.78 is 57.3. The summed E-state index contributed by atoms with van der Waals surface area (Å²) in [6.07, 6.45) is -5.85. The van der Waals surface area contributed by atoms with Crippen LogP contribution in [0.15, 0.2) is 0 Å². The molecule has 0 aliphatic rings. The Morgan fingerprint density at radius 3 is 2.00 bits per heavy atom. The highest BCUT2D eigenvalue weighted by Gasteiger charge is 2.54. The van der Waals surface area contributed by atoms with Crippen LogP contribution in [0.25, 0.3) is 0 Å². The van der Waals surface area contributed by atoms with Crippen molar-refractivity contribution in [3.05, 3.63) is 0 Å². The molecule has 0 fully saturated rings. The maximum atomic E-state index is 13.3. The molecule has 0 bridgehead atoms. The molecule has 10 heteroatoms. The van der Waals surface area contributed by atoms with Gasteiger partial charge in [-0.2, -0.15) is 13.2 Å². The topological polar surface area (TPSA) is 84.5 Å². The number of rotatable bonds is 6. The number of methoxy groups -OCH3 is 1. The zero-order chi connectivity index (χ0) is 18.6. The number of alkyl halides is 3. The number of ether oxygens (including phenoxy) is 1. The van der Waals surface area contributed by atoms with Crippen LogP contribution in [-0.2, 0) is 25.3 Å². The molecule has 2 N–H and O–H groups in total. The van der Waals surface area contributed by atoms with Gasteiger partial charge in [0, 0.05) is 0 Å². The molecule has 0 aromatic rings. The van der Waals surface area contributed by atoms with Crippen molar-refractivity contribution in [3.8, 4) is 0 Å². The number of esters is 1. The van der Waals surface area contributed by atoms with Crippen LogP contribution in [-0.4, -0.2) is 45.7 Å². The second-order valence-electron chi connectivity index (χ2n) is 6.30. The van der Waals surface area contributed by atoms with Gasteiger partial charge in [0.05, 0.1) is 29.3 Å². The number of halogens is 3. The van der Waals surface area contributed by atoms with Crippen molar-refractivity contribution in [1.29, 1.82) is 0 Å². The molecule has 0 saturated heterocycles. The Morgan fingerprint density at radius 1 is 1.17 bits per heavy atom. The maximum absolute atomic E-state index is 13.3. The lowest BCUT2D eigenvalue weighted by molar-refractivity contribution is -0.189. The van der Waals surface area contributed by atoms with Gasteiger partial charge < -0.3 is 10.1 Å². The van der Waals surface area contributed by atoms with Crippen LogP contribution in [0.1, 0.15) is 41.0 Å². The monoisotopic (exact) mass is 360 g/mol. The lowest BCUT2D eigenvalue weighted by Gasteiger charge is -2.34. The van der Waals surface area contributed by atoms with Gasteiger partial charge in [0.25, 0.3) is 0 Å². The van der Waals surface area contributed by atoms with Crippen LogP contribution < -0.4 is 10.0 Å². The van der Waals surface area contributed by atoms with E-state index in [2.05, 4.69) is 10.1 Å². The number of amides is 1. The molecule has 1 amide bonds. The lowest BCUT2D eigenvalue weighted by atomic mass is 9.98. The molecule has 136 valence electrons. The summed E-state index contributed by atoms with van der Waals surface area (Å²) in [6.45, 7) is 6.55. The molecule has 0 aromatic heterocycles. The Morgan fingerprint density at radius 2 is 1.65 bits per heavy atom. The minimum absolute atomic E-state index is 0.749. The van der Waals surface area contributed by atoms with E-state index in [9.17, 15) is 27.0 Å². The van der Waals surface area contributed by atoms with Gasteiger partial charge in [-0.05, 0) is 34.6 Å². The normalized spacial score (nSPS) is 17.8. The van der Waals surface area contributed by atoms with Gasteiger partial charge in [-0.25, -0.2) is 13.7 Å². The highest BCUT2D eigenvalue weighted by molar-refractivity contribution is 7.84. The zero-order valence-electron chi connectivity index (χ0n) is 14.0. The SMILES string of the molecule is COC(=O)C(C)NC(=O)CC(C)(NS(=O)C(C)(C)C)C(F)(F)F. The smallest absolute Gasteiger partial charge is 0.407 e. The van der Waals surface area contributed by atoms with Crippen molar-refractivity contribution in [1.82, 2.24) is 10.0 Å². The molecule has 6 nitrogen and oxygen atoms in total. The largest absolute Gasteiger partial charge is 0.467 e. The molecule has 0 spiro atoms. The first-order chi connectivity index (χ1) is 10.1. The molecule has 3 atom stereocenters. The highest BCUT2D eigenvalue weighted by Crippen LogP contribution is 2.34. The fourth-order valence-electron chi connectivity index (χ4n) is 1.40. The fraction of sp³-hybridized carbons (Fsp3) is 0.846. The average molecular weight is 360 g/mol. The third-order valence-corrected chi connectivity index (χ3v) is 4.69. The van der Waals surface area contributed by atoms with E-state index in [-0.39, 0.29) is 0 Å². The molecule has 0 radical (unpaired) electrons. The van der Waals surface area contributed by atoms with Crippen LogP contribution >= 0.6 is 0 Å². The number of carbonyl (C=O) groups excluding carboxylic acids is 2. The second-order valence-corrected chi connectivity index (χ2v) is 8.27. The number of hydrogen-bond acceptors (Lipinski definition) is 4. The Kier molecular flexibility index (Phi) is 7.22. The second kappa shape index (κ2) is 7.61. The van der Waals surface area contributed by atoms with Crippen molar-refractivity contribution in [3.63, 3.8) is 0 Å². The van der Waals surface area contributed by atoms with Gasteiger partial charge in [0.2, 0.25) is 5.91 Å². The molecule has 0 aliphatic carbocycles. The van der Waals surface area contributed by atoms with Gasteiger partial charge in [-0.3, -0.25) is 4.79 Å². The van der Waals surface area contributed by atoms with Crippen molar-refractivity contribution >= 4 is 22.9 Å². The maximum Gasteiger partial charge on any atom is 0.407 e. The van der Waals surface area contributed by atoms with Crippen LogP contribution in [0.4, 0.5) is 13.2 Å². The zero-order valence-corrected chi connectivity index (χ0v) is 14.8. The predicted octanol–water partition coefficient (Wildman–Crippen LogP) is 1.43. The molecule has 23 heavy (non-hydrogen) atoms. The van der Waals surface area contributed by atoms with Crippen LogP contribution in [0.5, 0.6) is 0 Å². The van der Waals surface area contributed by atoms with Gasteiger partial charge in [-0.15, -0.1) is 0 Å². The first kappa shape index (κ1) is 21.8. The number of hydrogen-bond donors (Lipinski definition) is 2. The summed E-state index contributed by atoms with van der Waals surface area (Å²) in [5, 5.41) is 2.12. The summed E-state index contributed by atoms with van der Waals surface area (Å²) in [4.78, 5) is 23.0. The third-order valence-electron chi connectivity index (χ3n) is 2.95. The molecule has 0 rings (SSSR count). The van der Waals surface area contributed by atoms with E-state index in [1.165, 1.54) is 27.7 Å². The Hall–Kier alpha value is -1.16. The molecule has 0 saturated carbocycles. The number of nitrogens with one attached hydrogen (secondary N) is 2. The Bertz CT molecular complexity index is 477. The van der Waals surface area contributed by atoms with Crippen LogP contribution in [0, 0.1) is 0 Å². The Balaban J connectivity index is 5.18. The first-order valence-corrected chi connectivity index (χ1v) is 7.92. The summed E-state index contributed by atoms with van der Waals surface area (Å²) >= 11 is 0.